The molecule has 5 nitrogen and oxygen atoms in total. The monoisotopic (exact) mass is 189 g/mol. The van der Waals surface area contributed by atoms with Gasteiger partial charge in [0.05, 0.1) is 7.11 Å². The van der Waals surface area contributed by atoms with Gasteiger partial charge in [0.15, 0.2) is 0 Å². The molecule has 0 heterocycles. The lowest BCUT2D eigenvalue weighted by Gasteiger charge is -2.19. The summed E-state index contributed by atoms with van der Waals surface area (Å²) < 4.78 is 4.40. The Hall–Kier alpha value is -1.13. The predicted molar refractivity (Wildman–Crippen MR) is 46.9 cm³/mol. The first-order valence-corrected chi connectivity index (χ1v) is 4.07. The van der Waals surface area contributed by atoms with E-state index in [1.54, 1.807) is 0 Å². The number of methoxy groups -OCH3 is 1. The first kappa shape index (κ1) is 11.9. The lowest BCUT2D eigenvalue weighted by atomic mass is 9.91. The van der Waals surface area contributed by atoms with Crippen molar-refractivity contribution in [2.45, 2.75) is 32.7 Å². The first-order valence-electron chi connectivity index (χ1n) is 4.07. The van der Waals surface area contributed by atoms with Crippen molar-refractivity contribution in [3.8, 4) is 0 Å². The molecule has 0 bridgehead atoms. The van der Waals surface area contributed by atoms with E-state index in [1.807, 2.05) is 13.8 Å². The summed E-state index contributed by atoms with van der Waals surface area (Å²) in [6, 6.07) is 0. The van der Waals surface area contributed by atoms with Crippen LogP contribution in [0.5, 0.6) is 0 Å². The van der Waals surface area contributed by atoms with E-state index >= 15 is 0 Å². The highest BCUT2D eigenvalue weighted by molar-refractivity contribution is 5.78. The third-order valence-corrected chi connectivity index (χ3v) is 1.83. The van der Waals surface area contributed by atoms with Crippen molar-refractivity contribution in [1.82, 2.24) is 0 Å². The quantitative estimate of drug-likeness (QED) is 0.379. The molecular formula is C8H15NO4. The van der Waals surface area contributed by atoms with Gasteiger partial charge in [0.2, 0.25) is 0 Å². The molecule has 5 heteroatoms. The summed E-state index contributed by atoms with van der Waals surface area (Å²) in [5, 5.41) is 10.7. The average molecular weight is 189 g/mol. The highest BCUT2D eigenvalue weighted by Gasteiger charge is 2.47. The van der Waals surface area contributed by atoms with Gasteiger partial charge in [0, 0.05) is 18.3 Å². The van der Waals surface area contributed by atoms with Crippen molar-refractivity contribution in [1.29, 1.82) is 0 Å². The van der Waals surface area contributed by atoms with Crippen LogP contribution in [0.2, 0.25) is 0 Å². The Bertz CT molecular complexity index is 214. The zero-order valence-electron chi connectivity index (χ0n) is 8.36. The molecular weight excluding hydrogens is 174 g/mol. The predicted octanol–water partition coefficient (Wildman–Crippen LogP) is 1.24. The van der Waals surface area contributed by atoms with E-state index in [0.717, 1.165) is 7.11 Å². The number of nitrogens with zero attached hydrogens (tertiary/aromatic N) is 1. The van der Waals surface area contributed by atoms with Crippen LogP contribution in [0.3, 0.4) is 0 Å². The smallest absolute Gasteiger partial charge is 0.384 e. The Balaban J connectivity index is 4.73. The molecule has 0 fully saturated rings. The summed E-state index contributed by atoms with van der Waals surface area (Å²) in [6.07, 6.45) is 0.187. The average Bonchev–Trinajstić information content (AvgIpc) is 2.01. The Labute approximate surface area is 77.2 Å². The van der Waals surface area contributed by atoms with Gasteiger partial charge in [0.25, 0.3) is 0 Å². The summed E-state index contributed by atoms with van der Waals surface area (Å²) >= 11 is 0. The number of rotatable bonds is 4. The van der Waals surface area contributed by atoms with E-state index in [4.69, 9.17) is 0 Å². The summed E-state index contributed by atoms with van der Waals surface area (Å²) in [7, 11) is 1.16. The molecule has 13 heavy (non-hydrogen) atoms. The van der Waals surface area contributed by atoms with Crippen LogP contribution in [0.15, 0.2) is 0 Å². The number of esters is 1. The van der Waals surface area contributed by atoms with Gasteiger partial charge in [0.1, 0.15) is 0 Å². The molecule has 0 radical (unpaired) electrons. The molecule has 0 aliphatic rings. The Morgan fingerprint density at radius 3 is 2.31 bits per heavy atom. The van der Waals surface area contributed by atoms with Gasteiger partial charge >= 0.3 is 11.5 Å². The van der Waals surface area contributed by atoms with Crippen LogP contribution >= 0.6 is 0 Å². The van der Waals surface area contributed by atoms with Crippen LogP contribution in [-0.4, -0.2) is 23.5 Å². The second-order valence-corrected chi connectivity index (χ2v) is 3.62. The lowest BCUT2D eigenvalue weighted by molar-refractivity contribution is -0.553. The van der Waals surface area contributed by atoms with E-state index in [-0.39, 0.29) is 12.3 Å². The van der Waals surface area contributed by atoms with Gasteiger partial charge in [-0.2, -0.15) is 0 Å². The highest BCUT2D eigenvalue weighted by Crippen LogP contribution is 2.21. The standard InChI is InChI=1S/C8H15NO4/c1-6(2)5-8(3,9(11)12)7(10)13-4/h6H,5H2,1-4H3. The number of carbonyl (C=O) groups excluding carboxylic acids is 1. The minimum absolute atomic E-state index is 0.0782. The van der Waals surface area contributed by atoms with E-state index in [1.165, 1.54) is 6.92 Å². The number of nitro groups is 1. The van der Waals surface area contributed by atoms with Gasteiger partial charge in [-0.1, -0.05) is 13.8 Å². The lowest BCUT2D eigenvalue weighted by Crippen LogP contribution is -2.45. The van der Waals surface area contributed by atoms with Crippen molar-refractivity contribution >= 4 is 5.97 Å². The van der Waals surface area contributed by atoms with Gasteiger partial charge in [-0.15, -0.1) is 0 Å². The zero-order valence-corrected chi connectivity index (χ0v) is 8.36. The van der Waals surface area contributed by atoms with Gasteiger partial charge in [-0.25, -0.2) is 4.79 Å². The maximum atomic E-state index is 11.1. The maximum absolute atomic E-state index is 11.1. The molecule has 0 aliphatic carbocycles. The molecule has 0 aromatic heterocycles. The Morgan fingerprint density at radius 2 is 2.08 bits per heavy atom. The fourth-order valence-corrected chi connectivity index (χ4v) is 1.25. The third kappa shape index (κ3) is 2.68. The maximum Gasteiger partial charge on any atom is 0.384 e. The minimum atomic E-state index is -1.61. The van der Waals surface area contributed by atoms with E-state index in [9.17, 15) is 14.9 Å². The van der Waals surface area contributed by atoms with E-state index < -0.39 is 16.4 Å². The molecule has 0 spiro atoms. The van der Waals surface area contributed by atoms with Crippen LogP contribution in [0.4, 0.5) is 0 Å². The van der Waals surface area contributed by atoms with Gasteiger partial charge < -0.3 is 4.74 Å². The molecule has 0 saturated carbocycles. The molecule has 1 unspecified atom stereocenters. The number of ether oxygens (including phenoxy) is 1. The molecule has 1 atom stereocenters. The first-order chi connectivity index (χ1) is 5.84. The molecule has 0 aliphatic heterocycles. The summed E-state index contributed by atoms with van der Waals surface area (Å²) in [5.41, 5.74) is -1.61. The Morgan fingerprint density at radius 1 is 1.62 bits per heavy atom. The van der Waals surface area contributed by atoms with E-state index in [2.05, 4.69) is 4.74 Å². The van der Waals surface area contributed by atoms with E-state index in [0.29, 0.717) is 0 Å². The van der Waals surface area contributed by atoms with Crippen molar-refractivity contribution in [3.05, 3.63) is 10.1 Å². The second-order valence-electron chi connectivity index (χ2n) is 3.62. The normalized spacial score (nSPS) is 15.2. The topological polar surface area (TPSA) is 69.4 Å². The molecule has 0 N–H and O–H groups in total. The number of carbonyl (C=O) groups is 1. The number of hydrogen-bond donors (Lipinski definition) is 0. The van der Waals surface area contributed by atoms with Gasteiger partial charge in [-0.05, 0) is 5.92 Å². The largest absolute Gasteiger partial charge is 0.464 e. The van der Waals surface area contributed by atoms with Crippen molar-refractivity contribution in [2.24, 2.45) is 5.92 Å². The summed E-state index contributed by atoms with van der Waals surface area (Å²) in [5.74, 6) is -0.708. The molecule has 76 valence electrons. The number of hydrogen-bond acceptors (Lipinski definition) is 4. The van der Waals surface area contributed by atoms with Crippen LogP contribution in [0.25, 0.3) is 0 Å². The molecule has 0 saturated heterocycles. The van der Waals surface area contributed by atoms with Crippen molar-refractivity contribution < 1.29 is 14.5 Å². The fourth-order valence-electron chi connectivity index (χ4n) is 1.25. The zero-order chi connectivity index (χ0) is 10.6. The second kappa shape index (κ2) is 4.20. The van der Waals surface area contributed by atoms with Crippen LogP contribution in [0.1, 0.15) is 27.2 Å². The SMILES string of the molecule is COC(=O)C(C)(CC(C)C)[N+](=O)[O-]. The molecule has 0 aromatic rings. The van der Waals surface area contributed by atoms with Crippen molar-refractivity contribution in [3.63, 3.8) is 0 Å². The summed E-state index contributed by atoms with van der Waals surface area (Å²) in [4.78, 5) is 21.2. The van der Waals surface area contributed by atoms with Crippen molar-refractivity contribution in [2.75, 3.05) is 7.11 Å². The van der Waals surface area contributed by atoms with Crippen LogP contribution in [-0.2, 0) is 9.53 Å². The molecule has 0 rings (SSSR count). The third-order valence-electron chi connectivity index (χ3n) is 1.83. The highest BCUT2D eigenvalue weighted by atomic mass is 16.6. The molecule has 0 amide bonds. The minimum Gasteiger partial charge on any atom is -0.464 e. The Kier molecular flexibility index (Phi) is 3.84. The van der Waals surface area contributed by atoms with Gasteiger partial charge in [-0.3, -0.25) is 10.1 Å². The fraction of sp³-hybridized carbons (Fsp3) is 0.875. The van der Waals surface area contributed by atoms with Crippen LogP contribution < -0.4 is 0 Å². The summed E-state index contributed by atoms with van der Waals surface area (Å²) in [6.45, 7) is 4.94. The van der Waals surface area contributed by atoms with Crippen LogP contribution in [0, 0.1) is 16.0 Å². The molecule has 0 aromatic carbocycles.